The van der Waals surface area contributed by atoms with Crippen molar-refractivity contribution >= 4 is 34.6 Å². The van der Waals surface area contributed by atoms with Crippen molar-refractivity contribution in [2.75, 3.05) is 26.1 Å². The van der Waals surface area contributed by atoms with E-state index < -0.39 is 12.0 Å². The Morgan fingerprint density at radius 3 is 2.63 bits per heavy atom. The molecule has 30 heavy (non-hydrogen) atoms. The summed E-state index contributed by atoms with van der Waals surface area (Å²) in [5.41, 5.74) is 2.01. The molecule has 0 aromatic heterocycles. The maximum atomic E-state index is 13.4. The number of nitrogens with one attached hydrogen (secondary N) is 2. The minimum atomic E-state index is -0.603. The number of thiocarbonyl (C=S) groups is 1. The topological polar surface area (TPSA) is 81.2 Å². The number of methoxy groups -OCH3 is 2. The van der Waals surface area contributed by atoms with Crippen LogP contribution in [0.2, 0.25) is 0 Å². The second-order valence-electron chi connectivity index (χ2n) is 6.68. The van der Waals surface area contributed by atoms with Crippen molar-refractivity contribution in [2.24, 2.45) is 10.9 Å². The molecule has 1 heterocycles. The van der Waals surface area contributed by atoms with E-state index in [9.17, 15) is 4.79 Å². The van der Waals surface area contributed by atoms with Crippen molar-refractivity contribution in [1.82, 2.24) is 5.32 Å². The zero-order chi connectivity index (χ0) is 21.7. The quantitative estimate of drug-likeness (QED) is 0.655. The summed E-state index contributed by atoms with van der Waals surface area (Å²) in [6, 6.07) is 12.3. The molecule has 0 saturated carbocycles. The Labute approximate surface area is 181 Å². The van der Waals surface area contributed by atoms with Gasteiger partial charge in [-0.15, -0.1) is 0 Å². The lowest BCUT2D eigenvalue weighted by Crippen LogP contribution is -2.45. The number of aliphatic imine (C=N–C) groups is 1. The third-order valence-corrected chi connectivity index (χ3v) is 5.05. The molecule has 0 saturated heterocycles. The monoisotopic (exact) mass is 427 g/mol. The number of para-hydroxylation sites is 2. The summed E-state index contributed by atoms with van der Waals surface area (Å²) in [5.74, 6) is 1.04. The first-order valence-corrected chi connectivity index (χ1v) is 9.99. The molecule has 0 bridgehead atoms. The summed E-state index contributed by atoms with van der Waals surface area (Å²) >= 11 is 5.30. The Bertz CT molecular complexity index is 977. The highest BCUT2D eigenvalue weighted by molar-refractivity contribution is 7.80. The fraction of sp³-hybridized carbons (Fsp3) is 0.318. The summed E-state index contributed by atoms with van der Waals surface area (Å²) in [6.07, 6.45) is 0. The Morgan fingerprint density at radius 2 is 1.93 bits per heavy atom. The molecule has 0 spiro atoms. The van der Waals surface area contributed by atoms with Gasteiger partial charge in [-0.1, -0.05) is 12.1 Å². The van der Waals surface area contributed by atoms with Crippen LogP contribution in [0.4, 0.5) is 5.69 Å². The predicted molar refractivity (Wildman–Crippen MR) is 121 cm³/mol. The van der Waals surface area contributed by atoms with Crippen LogP contribution in [0, 0.1) is 5.92 Å². The second kappa shape index (κ2) is 9.58. The molecule has 8 heteroatoms. The Morgan fingerprint density at radius 1 is 1.17 bits per heavy atom. The average Bonchev–Trinajstić information content (AvgIpc) is 2.74. The van der Waals surface area contributed by atoms with Gasteiger partial charge in [0.25, 0.3) is 0 Å². The van der Waals surface area contributed by atoms with Crippen molar-refractivity contribution < 1.29 is 19.0 Å². The molecule has 2 aromatic rings. The molecule has 2 unspecified atom stereocenters. The van der Waals surface area contributed by atoms with Crippen LogP contribution < -0.4 is 24.8 Å². The van der Waals surface area contributed by atoms with E-state index in [2.05, 4.69) is 15.6 Å². The van der Waals surface area contributed by atoms with Gasteiger partial charge in [0.15, 0.2) is 5.11 Å². The summed E-state index contributed by atoms with van der Waals surface area (Å²) < 4.78 is 16.5. The molecule has 0 aliphatic carbocycles. The molecule has 1 aliphatic heterocycles. The molecule has 158 valence electrons. The maximum absolute atomic E-state index is 13.4. The van der Waals surface area contributed by atoms with E-state index in [1.807, 2.05) is 37.3 Å². The van der Waals surface area contributed by atoms with Crippen molar-refractivity contribution in [1.29, 1.82) is 0 Å². The number of rotatable bonds is 7. The van der Waals surface area contributed by atoms with Gasteiger partial charge in [-0.2, -0.15) is 0 Å². The van der Waals surface area contributed by atoms with Crippen LogP contribution >= 0.6 is 12.2 Å². The fourth-order valence-corrected chi connectivity index (χ4v) is 3.73. The average molecular weight is 428 g/mol. The third kappa shape index (κ3) is 4.54. The lowest BCUT2D eigenvalue weighted by Gasteiger charge is -2.32. The summed E-state index contributed by atoms with van der Waals surface area (Å²) in [7, 11) is 3.17. The van der Waals surface area contributed by atoms with Crippen molar-refractivity contribution in [2.45, 2.75) is 19.9 Å². The van der Waals surface area contributed by atoms with E-state index in [4.69, 9.17) is 26.4 Å². The highest BCUT2D eigenvalue weighted by Gasteiger charge is 2.37. The molecular weight excluding hydrogens is 402 g/mol. The van der Waals surface area contributed by atoms with E-state index in [1.54, 1.807) is 33.3 Å². The molecule has 1 aliphatic rings. The third-order valence-electron chi connectivity index (χ3n) is 4.84. The second-order valence-corrected chi connectivity index (χ2v) is 7.07. The number of anilines is 1. The highest BCUT2D eigenvalue weighted by atomic mass is 32.1. The van der Waals surface area contributed by atoms with Crippen LogP contribution in [0.25, 0.3) is 0 Å². The molecule has 1 amide bonds. The Kier molecular flexibility index (Phi) is 6.89. The molecule has 0 fully saturated rings. The largest absolute Gasteiger partial charge is 0.497 e. The molecule has 0 radical (unpaired) electrons. The minimum Gasteiger partial charge on any atom is -0.497 e. The van der Waals surface area contributed by atoms with Crippen molar-refractivity contribution in [3.63, 3.8) is 0 Å². The Hall–Kier alpha value is -3.13. The SMILES string of the molecule is CCOc1ccccc1NC(=O)C1C(C)=NC(=S)NC1c1ccc(OC)cc1OC. The summed E-state index contributed by atoms with van der Waals surface area (Å²) in [6.45, 7) is 4.19. The van der Waals surface area contributed by atoms with Crippen LogP contribution in [-0.2, 0) is 4.79 Å². The van der Waals surface area contributed by atoms with Gasteiger partial charge in [-0.05, 0) is 50.3 Å². The van der Waals surface area contributed by atoms with Gasteiger partial charge in [-0.3, -0.25) is 4.79 Å². The number of hydrogen-bond acceptors (Lipinski definition) is 5. The normalized spacial score (nSPS) is 18.1. The smallest absolute Gasteiger partial charge is 0.235 e. The van der Waals surface area contributed by atoms with Gasteiger partial charge >= 0.3 is 0 Å². The van der Waals surface area contributed by atoms with Crippen LogP contribution in [0.15, 0.2) is 47.5 Å². The van der Waals surface area contributed by atoms with Crippen LogP contribution in [0.3, 0.4) is 0 Å². The molecule has 2 atom stereocenters. The summed E-state index contributed by atoms with van der Waals surface area (Å²) in [5, 5.41) is 6.47. The standard InChI is InChI=1S/C22H25N3O4S/c1-5-29-17-9-7-6-8-16(17)24-21(26)19-13(2)23-22(30)25-20(19)15-11-10-14(27-3)12-18(15)28-4/h6-12,19-20H,5H2,1-4H3,(H,24,26)(H,25,30). The number of benzene rings is 2. The van der Waals surface area contributed by atoms with Crippen molar-refractivity contribution in [3.05, 3.63) is 48.0 Å². The summed E-state index contributed by atoms with van der Waals surface area (Å²) in [4.78, 5) is 17.7. The number of ether oxygens (including phenoxy) is 3. The Balaban J connectivity index is 1.97. The van der Waals surface area contributed by atoms with E-state index in [1.165, 1.54) is 0 Å². The van der Waals surface area contributed by atoms with Crippen LogP contribution in [0.1, 0.15) is 25.5 Å². The van der Waals surface area contributed by atoms with E-state index in [0.29, 0.717) is 40.4 Å². The number of hydrogen-bond donors (Lipinski definition) is 2. The van der Waals surface area contributed by atoms with Gasteiger partial charge in [0.05, 0.1) is 32.6 Å². The minimum absolute atomic E-state index is 0.221. The van der Waals surface area contributed by atoms with Gasteiger partial charge in [0.1, 0.15) is 23.2 Å². The van der Waals surface area contributed by atoms with Gasteiger partial charge in [0.2, 0.25) is 5.91 Å². The first-order chi connectivity index (χ1) is 14.5. The zero-order valence-electron chi connectivity index (χ0n) is 17.4. The van der Waals surface area contributed by atoms with E-state index in [-0.39, 0.29) is 5.91 Å². The number of amides is 1. The van der Waals surface area contributed by atoms with Crippen molar-refractivity contribution in [3.8, 4) is 17.2 Å². The molecule has 2 aromatic carbocycles. The van der Waals surface area contributed by atoms with Gasteiger partial charge < -0.3 is 24.8 Å². The molecular formula is C22H25N3O4S. The van der Waals surface area contributed by atoms with Crippen LogP contribution in [0.5, 0.6) is 17.2 Å². The van der Waals surface area contributed by atoms with E-state index in [0.717, 1.165) is 5.56 Å². The number of nitrogens with zero attached hydrogens (tertiary/aromatic N) is 1. The molecule has 2 N–H and O–H groups in total. The van der Waals surface area contributed by atoms with Gasteiger partial charge in [-0.25, -0.2) is 4.99 Å². The first kappa shape index (κ1) is 21.6. The zero-order valence-corrected chi connectivity index (χ0v) is 18.2. The van der Waals surface area contributed by atoms with E-state index >= 15 is 0 Å². The molecule has 3 rings (SSSR count). The molecule has 7 nitrogen and oxygen atoms in total. The first-order valence-electron chi connectivity index (χ1n) is 9.58. The van der Waals surface area contributed by atoms with Crippen LogP contribution in [-0.4, -0.2) is 37.6 Å². The highest BCUT2D eigenvalue weighted by Crippen LogP contribution is 2.36. The number of carbonyl (C=O) groups excluding carboxylic acids is 1. The lowest BCUT2D eigenvalue weighted by molar-refractivity contribution is -0.118. The maximum Gasteiger partial charge on any atom is 0.235 e. The lowest BCUT2D eigenvalue weighted by atomic mass is 9.87. The number of carbonyl (C=O) groups is 1. The fourth-order valence-electron chi connectivity index (χ4n) is 3.46. The predicted octanol–water partition coefficient (Wildman–Crippen LogP) is 3.75. The van der Waals surface area contributed by atoms with Gasteiger partial charge in [0, 0.05) is 17.3 Å².